The molecule has 0 atom stereocenters. The van der Waals surface area contributed by atoms with E-state index in [0.29, 0.717) is 5.69 Å². The summed E-state index contributed by atoms with van der Waals surface area (Å²) in [6, 6.07) is 11.7. The lowest BCUT2D eigenvalue weighted by Crippen LogP contribution is -2.19. The van der Waals surface area contributed by atoms with Crippen LogP contribution >= 0.6 is 11.8 Å². The smallest absolute Gasteiger partial charge is 0.196 e. The van der Waals surface area contributed by atoms with Crippen molar-refractivity contribution in [3.05, 3.63) is 54.6 Å². The fourth-order valence-corrected chi connectivity index (χ4v) is 3.99. The molecule has 0 saturated heterocycles. The van der Waals surface area contributed by atoms with Crippen LogP contribution in [0, 0.1) is 17.2 Å². The molecule has 0 bridgehead atoms. The van der Waals surface area contributed by atoms with E-state index in [2.05, 4.69) is 11.1 Å². The molecule has 24 heavy (non-hydrogen) atoms. The lowest BCUT2D eigenvalue weighted by molar-refractivity contribution is -0.116. The Kier molecular flexibility index (Phi) is 3.83. The van der Waals surface area contributed by atoms with Gasteiger partial charge in [0.2, 0.25) is 0 Å². The van der Waals surface area contributed by atoms with Crippen LogP contribution in [0.25, 0.3) is 16.6 Å². The van der Waals surface area contributed by atoms with Gasteiger partial charge in [0.15, 0.2) is 5.12 Å². The molecule has 118 valence electrons. The summed E-state index contributed by atoms with van der Waals surface area (Å²) >= 11 is 1.32. The first-order valence-electron chi connectivity index (χ1n) is 7.94. The third-order valence-electron chi connectivity index (χ3n) is 4.53. The Hall–Kier alpha value is -2.58. The minimum Gasteiger partial charge on any atom is -0.308 e. The third kappa shape index (κ3) is 2.49. The van der Waals surface area contributed by atoms with Gasteiger partial charge in [0.05, 0.1) is 5.52 Å². The number of aromatic nitrogens is 2. The summed E-state index contributed by atoms with van der Waals surface area (Å²) in [7, 11) is 0. The van der Waals surface area contributed by atoms with Gasteiger partial charge in [-0.3, -0.25) is 9.78 Å². The van der Waals surface area contributed by atoms with Gasteiger partial charge in [-0.1, -0.05) is 18.2 Å². The predicted octanol–water partition coefficient (Wildman–Crippen LogP) is 4.29. The molecular formula is C19H15N3OS. The van der Waals surface area contributed by atoms with Crippen molar-refractivity contribution in [2.24, 2.45) is 5.92 Å². The molecule has 4 rings (SSSR count). The van der Waals surface area contributed by atoms with Crippen molar-refractivity contribution in [1.29, 1.82) is 5.26 Å². The highest BCUT2D eigenvalue weighted by Crippen LogP contribution is 2.38. The normalized spacial score (nSPS) is 14.3. The number of pyridine rings is 2. The molecule has 0 amide bonds. The molecule has 5 heteroatoms. The second-order valence-corrected chi connectivity index (χ2v) is 6.97. The van der Waals surface area contributed by atoms with E-state index in [1.165, 1.54) is 11.8 Å². The number of thioether (sulfide) groups is 1. The zero-order valence-electron chi connectivity index (χ0n) is 13.0. The van der Waals surface area contributed by atoms with Crippen LogP contribution in [0.3, 0.4) is 0 Å². The number of nitriles is 1. The highest BCUT2D eigenvalue weighted by atomic mass is 32.2. The van der Waals surface area contributed by atoms with Gasteiger partial charge in [0.1, 0.15) is 11.8 Å². The molecule has 0 radical (unpaired) electrons. The van der Waals surface area contributed by atoms with Crippen molar-refractivity contribution in [1.82, 2.24) is 9.38 Å². The maximum absolute atomic E-state index is 12.4. The van der Waals surface area contributed by atoms with Crippen molar-refractivity contribution < 1.29 is 4.79 Å². The van der Waals surface area contributed by atoms with Crippen molar-refractivity contribution in [2.75, 3.05) is 0 Å². The molecule has 3 aromatic rings. The summed E-state index contributed by atoms with van der Waals surface area (Å²) in [5.74, 6) is 0.199. The molecule has 1 fully saturated rings. The Morgan fingerprint density at radius 3 is 2.88 bits per heavy atom. The van der Waals surface area contributed by atoms with Gasteiger partial charge in [-0.25, -0.2) is 0 Å². The summed E-state index contributed by atoms with van der Waals surface area (Å²) in [4.78, 5) is 17.6. The SMILES string of the molecule is N#Cc1ccc(-c2cnccc2SC(=O)C2CCC2)c2cccn12. The Labute approximate surface area is 144 Å². The molecule has 3 aromatic heterocycles. The zero-order chi connectivity index (χ0) is 16.5. The highest BCUT2D eigenvalue weighted by molar-refractivity contribution is 8.13. The van der Waals surface area contributed by atoms with E-state index in [1.54, 1.807) is 18.5 Å². The standard InChI is InChI=1S/C19H15N3OS/c20-11-14-6-7-15(17-5-2-10-22(14)17)16-12-21-9-8-18(16)24-19(23)13-3-1-4-13/h2,5-10,12-13H,1,3-4H2. The second-order valence-electron chi connectivity index (χ2n) is 5.93. The first-order chi connectivity index (χ1) is 11.8. The van der Waals surface area contributed by atoms with E-state index in [1.807, 2.05) is 34.9 Å². The molecule has 1 aliphatic rings. The average molecular weight is 333 g/mol. The van der Waals surface area contributed by atoms with Gasteiger partial charge in [0, 0.05) is 40.5 Å². The van der Waals surface area contributed by atoms with E-state index in [9.17, 15) is 10.1 Å². The Balaban J connectivity index is 1.79. The molecule has 1 saturated carbocycles. The van der Waals surface area contributed by atoms with Crippen molar-refractivity contribution >= 4 is 22.4 Å². The Morgan fingerprint density at radius 1 is 1.25 bits per heavy atom. The number of carbonyl (C=O) groups excluding carboxylic acids is 1. The van der Waals surface area contributed by atoms with E-state index in [0.717, 1.165) is 40.8 Å². The number of rotatable bonds is 3. The quantitative estimate of drug-likeness (QED) is 0.671. The molecule has 4 nitrogen and oxygen atoms in total. The molecular weight excluding hydrogens is 318 g/mol. The molecule has 3 heterocycles. The van der Waals surface area contributed by atoms with E-state index in [4.69, 9.17) is 0 Å². The van der Waals surface area contributed by atoms with E-state index >= 15 is 0 Å². The fraction of sp³-hybridized carbons (Fsp3) is 0.211. The van der Waals surface area contributed by atoms with Crippen LogP contribution < -0.4 is 0 Å². The van der Waals surface area contributed by atoms with Crippen molar-refractivity contribution in [3.8, 4) is 17.2 Å². The van der Waals surface area contributed by atoms with Gasteiger partial charge in [-0.05, 0) is 43.2 Å². The van der Waals surface area contributed by atoms with Crippen molar-refractivity contribution in [3.63, 3.8) is 0 Å². The van der Waals surface area contributed by atoms with Crippen LogP contribution in [-0.2, 0) is 4.79 Å². The Bertz CT molecular complexity index is 966. The molecule has 0 spiro atoms. The summed E-state index contributed by atoms with van der Waals surface area (Å²) in [5, 5.41) is 9.50. The van der Waals surface area contributed by atoms with Gasteiger partial charge in [-0.2, -0.15) is 5.26 Å². The van der Waals surface area contributed by atoms with E-state index < -0.39 is 0 Å². The maximum Gasteiger partial charge on any atom is 0.196 e. The average Bonchev–Trinajstić information content (AvgIpc) is 3.02. The number of hydrogen-bond donors (Lipinski definition) is 0. The lowest BCUT2D eigenvalue weighted by Gasteiger charge is -2.23. The lowest BCUT2D eigenvalue weighted by atomic mass is 9.87. The molecule has 0 aromatic carbocycles. The van der Waals surface area contributed by atoms with Crippen LogP contribution in [0.5, 0.6) is 0 Å². The number of hydrogen-bond acceptors (Lipinski definition) is 4. The van der Waals surface area contributed by atoms with Crippen LogP contribution in [-0.4, -0.2) is 14.5 Å². The Morgan fingerprint density at radius 2 is 2.12 bits per heavy atom. The molecule has 0 N–H and O–H groups in total. The number of carbonyl (C=O) groups is 1. The van der Waals surface area contributed by atoms with Crippen LogP contribution in [0.1, 0.15) is 25.0 Å². The van der Waals surface area contributed by atoms with Gasteiger partial charge >= 0.3 is 0 Å². The summed E-state index contributed by atoms with van der Waals surface area (Å²) in [6.45, 7) is 0. The number of fused-ring (bicyclic) bond motifs is 1. The first-order valence-corrected chi connectivity index (χ1v) is 8.76. The minimum absolute atomic E-state index is 0.199. The van der Waals surface area contributed by atoms with Crippen molar-refractivity contribution in [2.45, 2.75) is 24.2 Å². The predicted molar refractivity (Wildman–Crippen MR) is 93.5 cm³/mol. The summed E-state index contributed by atoms with van der Waals surface area (Å²) in [5.41, 5.74) is 3.45. The monoisotopic (exact) mass is 333 g/mol. The zero-order valence-corrected chi connectivity index (χ0v) is 13.8. The highest BCUT2D eigenvalue weighted by Gasteiger charge is 2.26. The minimum atomic E-state index is 0.199. The van der Waals surface area contributed by atoms with Crippen LogP contribution in [0.2, 0.25) is 0 Å². The topological polar surface area (TPSA) is 58.2 Å². The van der Waals surface area contributed by atoms with Crippen LogP contribution in [0.4, 0.5) is 0 Å². The fourth-order valence-electron chi connectivity index (χ4n) is 2.97. The molecule has 1 aliphatic carbocycles. The molecule has 0 unspecified atom stereocenters. The van der Waals surface area contributed by atoms with Gasteiger partial charge in [0.25, 0.3) is 0 Å². The van der Waals surface area contributed by atoms with Gasteiger partial charge in [-0.15, -0.1) is 0 Å². The number of nitrogens with zero attached hydrogens (tertiary/aromatic N) is 3. The van der Waals surface area contributed by atoms with E-state index in [-0.39, 0.29) is 11.0 Å². The third-order valence-corrected chi connectivity index (χ3v) is 5.64. The maximum atomic E-state index is 12.4. The van der Waals surface area contributed by atoms with Crippen LogP contribution in [0.15, 0.2) is 53.8 Å². The summed E-state index contributed by atoms with van der Waals surface area (Å²) in [6.07, 6.45) is 8.56. The molecule has 0 aliphatic heterocycles. The summed E-state index contributed by atoms with van der Waals surface area (Å²) < 4.78 is 1.87. The first kappa shape index (κ1) is 15.0. The second kappa shape index (κ2) is 6.14. The van der Waals surface area contributed by atoms with Gasteiger partial charge < -0.3 is 4.40 Å². The largest absolute Gasteiger partial charge is 0.308 e.